The number of benzene rings is 1. The van der Waals surface area contributed by atoms with Gasteiger partial charge < -0.3 is 20.5 Å². The second kappa shape index (κ2) is 7.72. The van der Waals surface area contributed by atoms with Crippen molar-refractivity contribution in [3.63, 3.8) is 0 Å². The van der Waals surface area contributed by atoms with Crippen LogP contribution >= 0.6 is 0 Å². The Kier molecular flexibility index (Phi) is 6.29. The van der Waals surface area contributed by atoms with Crippen LogP contribution in [0, 0.1) is 0 Å². The van der Waals surface area contributed by atoms with Gasteiger partial charge in [0.2, 0.25) is 0 Å². The molecule has 0 aliphatic carbocycles. The lowest BCUT2D eigenvalue weighted by Crippen LogP contribution is -2.31. The molecule has 0 aliphatic heterocycles. The minimum absolute atomic E-state index is 0.172. The van der Waals surface area contributed by atoms with Gasteiger partial charge in [-0.25, -0.2) is 4.79 Å². The molecule has 1 aromatic carbocycles. The van der Waals surface area contributed by atoms with Gasteiger partial charge in [-0.1, -0.05) is 13.0 Å². The number of alkyl halides is 3. The van der Waals surface area contributed by atoms with Crippen molar-refractivity contribution in [3.8, 4) is 5.75 Å². The minimum Gasteiger partial charge on any atom is -0.406 e. The summed E-state index contributed by atoms with van der Waals surface area (Å²) in [5.41, 5.74) is 0.172. The average molecular weight is 306 g/mol. The highest BCUT2D eigenvalue weighted by Gasteiger charge is 2.31. The van der Waals surface area contributed by atoms with Gasteiger partial charge in [0.1, 0.15) is 5.75 Å². The van der Waals surface area contributed by atoms with Crippen LogP contribution < -0.4 is 15.4 Å². The number of amides is 2. The number of ether oxygens (including phenoxy) is 1. The quantitative estimate of drug-likeness (QED) is 0.757. The Morgan fingerprint density at radius 1 is 1.43 bits per heavy atom. The number of rotatable bonds is 6. The Bertz CT molecular complexity index is 466. The first-order valence-corrected chi connectivity index (χ1v) is 6.39. The molecular weight excluding hydrogens is 289 g/mol. The van der Waals surface area contributed by atoms with Crippen LogP contribution in [0.2, 0.25) is 0 Å². The molecule has 2 amide bonds. The molecule has 0 aliphatic rings. The van der Waals surface area contributed by atoms with E-state index in [-0.39, 0.29) is 12.2 Å². The molecule has 0 heterocycles. The largest absolute Gasteiger partial charge is 0.573 e. The molecule has 0 saturated heterocycles. The number of halogens is 3. The Morgan fingerprint density at radius 3 is 2.76 bits per heavy atom. The second-order valence-corrected chi connectivity index (χ2v) is 4.31. The van der Waals surface area contributed by atoms with E-state index in [1.54, 1.807) is 0 Å². The third-order valence-electron chi connectivity index (χ3n) is 2.56. The summed E-state index contributed by atoms with van der Waals surface area (Å²) in [4.78, 5) is 11.5. The SMILES string of the molecule is CCC(O)CCNC(=O)Nc1cccc(OC(F)(F)F)c1. The Morgan fingerprint density at radius 2 is 2.14 bits per heavy atom. The Balaban J connectivity index is 2.47. The molecule has 0 saturated carbocycles. The van der Waals surface area contributed by atoms with E-state index < -0.39 is 24.2 Å². The molecular formula is C13H17F3N2O3. The lowest BCUT2D eigenvalue weighted by Gasteiger charge is -2.12. The number of hydrogen-bond acceptors (Lipinski definition) is 3. The van der Waals surface area contributed by atoms with Gasteiger partial charge in [-0.15, -0.1) is 13.2 Å². The smallest absolute Gasteiger partial charge is 0.406 e. The number of carbonyl (C=O) groups is 1. The fraction of sp³-hybridized carbons (Fsp3) is 0.462. The molecule has 118 valence electrons. The van der Waals surface area contributed by atoms with Crippen molar-refractivity contribution in [1.29, 1.82) is 0 Å². The molecule has 1 atom stereocenters. The van der Waals surface area contributed by atoms with Crippen LogP contribution in [0.4, 0.5) is 23.7 Å². The maximum atomic E-state index is 12.1. The van der Waals surface area contributed by atoms with Gasteiger partial charge in [-0.05, 0) is 25.0 Å². The first-order valence-electron chi connectivity index (χ1n) is 6.39. The van der Waals surface area contributed by atoms with Gasteiger partial charge in [0.05, 0.1) is 6.10 Å². The van der Waals surface area contributed by atoms with Crippen molar-refractivity contribution in [2.24, 2.45) is 0 Å². The summed E-state index contributed by atoms with van der Waals surface area (Å²) < 4.78 is 39.9. The first kappa shape index (κ1) is 17.1. The van der Waals surface area contributed by atoms with Crippen molar-refractivity contribution in [1.82, 2.24) is 5.32 Å². The van der Waals surface area contributed by atoms with Crippen molar-refractivity contribution in [2.75, 3.05) is 11.9 Å². The average Bonchev–Trinajstić information content (AvgIpc) is 2.36. The molecule has 0 spiro atoms. The van der Waals surface area contributed by atoms with E-state index >= 15 is 0 Å². The molecule has 1 unspecified atom stereocenters. The topological polar surface area (TPSA) is 70.6 Å². The number of carbonyl (C=O) groups excluding carboxylic acids is 1. The van der Waals surface area contributed by atoms with E-state index in [9.17, 15) is 23.1 Å². The first-order chi connectivity index (χ1) is 9.80. The fourth-order valence-electron chi connectivity index (χ4n) is 1.50. The van der Waals surface area contributed by atoms with Crippen LogP contribution in [-0.2, 0) is 0 Å². The van der Waals surface area contributed by atoms with E-state index in [0.29, 0.717) is 12.8 Å². The highest BCUT2D eigenvalue weighted by Crippen LogP contribution is 2.24. The number of nitrogens with one attached hydrogen (secondary N) is 2. The lowest BCUT2D eigenvalue weighted by atomic mass is 10.2. The van der Waals surface area contributed by atoms with Gasteiger partial charge >= 0.3 is 12.4 Å². The molecule has 8 heteroatoms. The van der Waals surface area contributed by atoms with Gasteiger partial charge in [0.15, 0.2) is 0 Å². The molecule has 21 heavy (non-hydrogen) atoms. The zero-order valence-corrected chi connectivity index (χ0v) is 11.4. The van der Waals surface area contributed by atoms with E-state index in [2.05, 4.69) is 15.4 Å². The predicted molar refractivity (Wildman–Crippen MR) is 71.1 cm³/mol. The fourth-order valence-corrected chi connectivity index (χ4v) is 1.50. The number of anilines is 1. The molecule has 3 N–H and O–H groups in total. The summed E-state index contributed by atoms with van der Waals surface area (Å²) in [5, 5.41) is 14.2. The monoisotopic (exact) mass is 306 g/mol. The van der Waals surface area contributed by atoms with Crippen molar-refractivity contribution >= 4 is 11.7 Å². The third kappa shape index (κ3) is 7.40. The standard InChI is InChI=1S/C13H17F3N2O3/c1-2-10(19)6-7-17-12(20)18-9-4-3-5-11(8-9)21-13(14,15)16/h3-5,8,10,19H,2,6-7H2,1H3,(H2,17,18,20). The van der Waals surface area contributed by atoms with E-state index in [0.717, 1.165) is 12.1 Å². The Labute approximate surface area is 120 Å². The summed E-state index contributed by atoms with van der Waals surface area (Å²) in [7, 11) is 0. The van der Waals surface area contributed by atoms with E-state index in [1.807, 2.05) is 6.92 Å². The van der Waals surface area contributed by atoms with Crippen molar-refractivity contribution in [3.05, 3.63) is 24.3 Å². The van der Waals surface area contributed by atoms with E-state index in [1.165, 1.54) is 12.1 Å². The molecule has 0 aromatic heterocycles. The van der Waals surface area contributed by atoms with Crippen LogP contribution in [0.3, 0.4) is 0 Å². The maximum absolute atomic E-state index is 12.1. The number of hydrogen-bond donors (Lipinski definition) is 3. The predicted octanol–water partition coefficient (Wildman–Crippen LogP) is 2.87. The Hall–Kier alpha value is -1.96. The van der Waals surface area contributed by atoms with Crippen LogP contribution in [0.1, 0.15) is 19.8 Å². The zero-order valence-electron chi connectivity index (χ0n) is 11.4. The van der Waals surface area contributed by atoms with Crippen LogP contribution in [0.15, 0.2) is 24.3 Å². The minimum atomic E-state index is -4.78. The molecule has 0 bridgehead atoms. The normalized spacial score (nSPS) is 12.6. The van der Waals surface area contributed by atoms with Gasteiger partial charge in [0, 0.05) is 18.3 Å². The molecule has 0 radical (unpaired) electrons. The van der Waals surface area contributed by atoms with Gasteiger partial charge in [-0.3, -0.25) is 0 Å². The maximum Gasteiger partial charge on any atom is 0.573 e. The van der Waals surface area contributed by atoms with E-state index in [4.69, 9.17) is 0 Å². The number of aliphatic hydroxyl groups is 1. The van der Waals surface area contributed by atoms with Crippen LogP contribution in [0.25, 0.3) is 0 Å². The summed E-state index contributed by atoms with van der Waals surface area (Å²) in [6, 6.07) is 4.39. The summed E-state index contributed by atoms with van der Waals surface area (Å²) in [6.07, 6.45) is -4.29. The summed E-state index contributed by atoms with van der Waals surface area (Å²) in [5.74, 6) is -0.415. The van der Waals surface area contributed by atoms with Gasteiger partial charge in [-0.2, -0.15) is 0 Å². The highest BCUT2D eigenvalue weighted by atomic mass is 19.4. The molecule has 1 aromatic rings. The summed E-state index contributed by atoms with van der Waals surface area (Å²) in [6.45, 7) is 2.08. The zero-order chi connectivity index (χ0) is 15.9. The van der Waals surface area contributed by atoms with Crippen molar-refractivity contribution < 1.29 is 27.8 Å². The molecule has 1 rings (SSSR count). The highest BCUT2D eigenvalue weighted by molar-refractivity contribution is 5.89. The molecule has 5 nitrogen and oxygen atoms in total. The number of aliphatic hydroxyl groups excluding tert-OH is 1. The summed E-state index contributed by atoms with van der Waals surface area (Å²) >= 11 is 0. The molecule has 0 fully saturated rings. The van der Waals surface area contributed by atoms with Crippen LogP contribution in [-0.4, -0.2) is 30.1 Å². The number of urea groups is 1. The lowest BCUT2D eigenvalue weighted by molar-refractivity contribution is -0.274. The second-order valence-electron chi connectivity index (χ2n) is 4.31. The van der Waals surface area contributed by atoms with Crippen LogP contribution in [0.5, 0.6) is 5.75 Å². The van der Waals surface area contributed by atoms with Gasteiger partial charge in [0.25, 0.3) is 0 Å². The third-order valence-corrected chi connectivity index (χ3v) is 2.56. The van der Waals surface area contributed by atoms with Crippen molar-refractivity contribution in [2.45, 2.75) is 32.2 Å².